The van der Waals surface area contributed by atoms with Crippen molar-refractivity contribution in [1.82, 2.24) is 19.9 Å². The molecule has 2 rings (SSSR count). The molecule has 1 heterocycles. The van der Waals surface area contributed by atoms with Crippen molar-refractivity contribution in [1.29, 1.82) is 0 Å². The number of benzene rings is 1. The number of rotatable bonds is 5. The Balaban J connectivity index is 2.17. The first-order valence-electron chi connectivity index (χ1n) is 5.69. The molecule has 1 atom stereocenters. The van der Waals surface area contributed by atoms with Gasteiger partial charge < -0.3 is 5.73 Å². The van der Waals surface area contributed by atoms with Gasteiger partial charge >= 0.3 is 0 Å². The number of H-pyrrole nitrogens is 1. The van der Waals surface area contributed by atoms with Gasteiger partial charge in [0, 0.05) is 6.54 Å². The first-order valence-corrected chi connectivity index (χ1v) is 7.18. The number of nitrogens with zero attached hydrogens (tertiary/aromatic N) is 2. The predicted molar refractivity (Wildman–Crippen MR) is 69.5 cm³/mol. The van der Waals surface area contributed by atoms with Crippen molar-refractivity contribution in [3.8, 4) is 0 Å². The van der Waals surface area contributed by atoms with Gasteiger partial charge in [-0.3, -0.25) is 5.10 Å². The van der Waals surface area contributed by atoms with Crippen LogP contribution in [0.2, 0.25) is 0 Å². The number of nitrogens with two attached hydrogens (primary N) is 1. The van der Waals surface area contributed by atoms with Gasteiger partial charge in [0.15, 0.2) is 0 Å². The van der Waals surface area contributed by atoms with Crippen LogP contribution in [0.4, 0.5) is 0 Å². The highest BCUT2D eigenvalue weighted by Crippen LogP contribution is 2.14. The molecule has 0 aliphatic carbocycles. The molecule has 0 aliphatic rings. The van der Waals surface area contributed by atoms with Crippen molar-refractivity contribution in [3.63, 3.8) is 0 Å². The average molecular weight is 281 g/mol. The maximum Gasteiger partial charge on any atom is 0.241 e. The third kappa shape index (κ3) is 3.16. The quantitative estimate of drug-likeness (QED) is 0.729. The molecule has 2 aromatic rings. The Morgan fingerprint density at radius 1 is 1.37 bits per heavy atom. The molecule has 1 aromatic heterocycles. The summed E-state index contributed by atoms with van der Waals surface area (Å²) in [6, 6.07) is 5.94. The summed E-state index contributed by atoms with van der Waals surface area (Å²) in [7, 11) is -3.59. The van der Waals surface area contributed by atoms with Crippen molar-refractivity contribution in [3.05, 3.63) is 42.0 Å². The van der Waals surface area contributed by atoms with Crippen LogP contribution in [0.5, 0.6) is 0 Å². The van der Waals surface area contributed by atoms with Gasteiger partial charge in [0.05, 0.1) is 10.9 Å². The fourth-order valence-electron chi connectivity index (χ4n) is 1.58. The fourth-order valence-corrected chi connectivity index (χ4v) is 2.79. The van der Waals surface area contributed by atoms with E-state index in [9.17, 15) is 8.42 Å². The van der Waals surface area contributed by atoms with Crippen LogP contribution in [0, 0.1) is 0 Å². The topological polar surface area (TPSA) is 114 Å². The molecule has 7 nitrogen and oxygen atoms in total. The van der Waals surface area contributed by atoms with Crippen LogP contribution in [0.15, 0.2) is 35.5 Å². The van der Waals surface area contributed by atoms with Crippen LogP contribution < -0.4 is 10.5 Å². The van der Waals surface area contributed by atoms with Gasteiger partial charge in [-0.05, 0) is 24.6 Å². The van der Waals surface area contributed by atoms with E-state index in [1.165, 1.54) is 18.5 Å². The van der Waals surface area contributed by atoms with Gasteiger partial charge in [-0.25, -0.2) is 18.1 Å². The van der Waals surface area contributed by atoms with E-state index in [1.807, 2.05) is 0 Å². The van der Waals surface area contributed by atoms with E-state index in [4.69, 9.17) is 5.73 Å². The van der Waals surface area contributed by atoms with E-state index in [0.717, 1.165) is 5.56 Å². The molecule has 0 saturated heterocycles. The second-order valence-electron chi connectivity index (χ2n) is 4.06. The number of aromatic amines is 1. The lowest BCUT2D eigenvalue weighted by molar-refractivity contribution is 0.560. The SMILES string of the molecule is CC(NS(=O)(=O)c1ccc(CN)cc1)c1ncn[nH]1. The third-order valence-electron chi connectivity index (χ3n) is 2.65. The second kappa shape index (κ2) is 5.47. The van der Waals surface area contributed by atoms with Crippen LogP contribution in [0.1, 0.15) is 24.4 Å². The molecule has 0 bridgehead atoms. The van der Waals surface area contributed by atoms with Crippen LogP contribution in [-0.4, -0.2) is 23.6 Å². The van der Waals surface area contributed by atoms with E-state index < -0.39 is 16.1 Å². The van der Waals surface area contributed by atoms with Gasteiger partial charge in [0.2, 0.25) is 10.0 Å². The molecule has 0 spiro atoms. The van der Waals surface area contributed by atoms with Gasteiger partial charge in [-0.2, -0.15) is 5.10 Å². The minimum absolute atomic E-state index is 0.191. The minimum atomic E-state index is -3.59. The molecule has 1 unspecified atom stereocenters. The maximum atomic E-state index is 12.1. The molecule has 8 heteroatoms. The Bertz CT molecular complexity index is 622. The number of hydrogen-bond donors (Lipinski definition) is 3. The number of nitrogens with one attached hydrogen (secondary N) is 2. The summed E-state index contributed by atoms with van der Waals surface area (Å²) < 4.78 is 26.8. The highest BCUT2D eigenvalue weighted by Gasteiger charge is 2.19. The van der Waals surface area contributed by atoms with E-state index >= 15 is 0 Å². The van der Waals surface area contributed by atoms with Crippen LogP contribution >= 0.6 is 0 Å². The standard InChI is InChI=1S/C11H15N5O2S/c1-8(11-13-7-14-15-11)16-19(17,18)10-4-2-9(6-12)3-5-10/h2-5,7-8,16H,6,12H2,1H3,(H,13,14,15). The molecule has 0 fully saturated rings. The van der Waals surface area contributed by atoms with Crippen molar-refractivity contribution < 1.29 is 8.42 Å². The first-order chi connectivity index (χ1) is 9.03. The Kier molecular flexibility index (Phi) is 3.93. The molecule has 4 N–H and O–H groups in total. The fraction of sp³-hybridized carbons (Fsp3) is 0.273. The lowest BCUT2D eigenvalue weighted by Crippen LogP contribution is -2.27. The monoisotopic (exact) mass is 281 g/mol. The zero-order valence-electron chi connectivity index (χ0n) is 10.4. The van der Waals surface area contributed by atoms with Gasteiger partial charge in [0.1, 0.15) is 12.2 Å². The lowest BCUT2D eigenvalue weighted by Gasteiger charge is -2.12. The third-order valence-corrected chi connectivity index (χ3v) is 4.20. The Morgan fingerprint density at radius 2 is 2.05 bits per heavy atom. The Morgan fingerprint density at radius 3 is 2.58 bits per heavy atom. The lowest BCUT2D eigenvalue weighted by atomic mass is 10.2. The highest BCUT2D eigenvalue weighted by molar-refractivity contribution is 7.89. The smallest absolute Gasteiger partial charge is 0.241 e. The molecule has 19 heavy (non-hydrogen) atoms. The van der Waals surface area contributed by atoms with E-state index in [-0.39, 0.29) is 4.90 Å². The summed E-state index contributed by atoms with van der Waals surface area (Å²) in [5.41, 5.74) is 6.35. The summed E-state index contributed by atoms with van der Waals surface area (Å²) >= 11 is 0. The molecular weight excluding hydrogens is 266 g/mol. The zero-order valence-corrected chi connectivity index (χ0v) is 11.2. The molecule has 1 aromatic carbocycles. The molecule has 0 amide bonds. The first kappa shape index (κ1) is 13.7. The minimum Gasteiger partial charge on any atom is -0.326 e. The highest BCUT2D eigenvalue weighted by atomic mass is 32.2. The molecular formula is C11H15N5O2S. The van der Waals surface area contributed by atoms with Gasteiger partial charge in [0.25, 0.3) is 0 Å². The van der Waals surface area contributed by atoms with E-state index in [2.05, 4.69) is 19.9 Å². The van der Waals surface area contributed by atoms with Crippen molar-refractivity contribution in [2.75, 3.05) is 0 Å². The Hall–Kier alpha value is -1.77. The number of hydrogen-bond acceptors (Lipinski definition) is 5. The number of sulfonamides is 1. The summed E-state index contributed by atoms with van der Waals surface area (Å²) in [4.78, 5) is 4.10. The summed E-state index contributed by atoms with van der Waals surface area (Å²) in [6.45, 7) is 2.06. The van der Waals surface area contributed by atoms with E-state index in [0.29, 0.717) is 12.4 Å². The molecule has 0 saturated carbocycles. The Labute approximate surface area is 111 Å². The zero-order chi connectivity index (χ0) is 13.9. The average Bonchev–Trinajstić information content (AvgIpc) is 2.92. The van der Waals surface area contributed by atoms with E-state index in [1.54, 1.807) is 19.1 Å². The summed E-state index contributed by atoms with van der Waals surface area (Å²) in [6.07, 6.45) is 1.33. The largest absolute Gasteiger partial charge is 0.326 e. The van der Waals surface area contributed by atoms with Crippen LogP contribution in [-0.2, 0) is 16.6 Å². The van der Waals surface area contributed by atoms with Crippen molar-refractivity contribution in [2.24, 2.45) is 5.73 Å². The summed E-state index contributed by atoms with van der Waals surface area (Å²) in [5.74, 6) is 0.460. The van der Waals surface area contributed by atoms with Crippen LogP contribution in [0.25, 0.3) is 0 Å². The second-order valence-corrected chi connectivity index (χ2v) is 5.78. The van der Waals surface area contributed by atoms with Crippen LogP contribution in [0.3, 0.4) is 0 Å². The number of aromatic nitrogens is 3. The van der Waals surface area contributed by atoms with Gasteiger partial charge in [-0.15, -0.1) is 0 Å². The molecule has 102 valence electrons. The molecule has 0 radical (unpaired) electrons. The maximum absolute atomic E-state index is 12.1. The van der Waals surface area contributed by atoms with Gasteiger partial charge in [-0.1, -0.05) is 12.1 Å². The van der Waals surface area contributed by atoms with Crippen molar-refractivity contribution in [2.45, 2.75) is 24.4 Å². The normalized spacial score (nSPS) is 13.4. The molecule has 0 aliphatic heterocycles. The van der Waals surface area contributed by atoms with Crippen molar-refractivity contribution >= 4 is 10.0 Å². The summed E-state index contributed by atoms with van der Waals surface area (Å²) in [5, 5.41) is 6.31. The predicted octanol–water partition coefficient (Wildman–Crippen LogP) is 0.303.